The van der Waals surface area contributed by atoms with E-state index in [0.717, 1.165) is 22.7 Å². The van der Waals surface area contributed by atoms with Crippen LogP contribution in [0.1, 0.15) is 16.8 Å². The molecule has 0 aliphatic rings. The number of benzene rings is 1. The molecule has 3 heteroatoms. The lowest BCUT2D eigenvalue weighted by molar-refractivity contribution is 0.918. The summed E-state index contributed by atoms with van der Waals surface area (Å²) in [6.07, 6.45) is 0. The molecule has 0 fully saturated rings. The zero-order valence-electron chi connectivity index (χ0n) is 10.8. The van der Waals surface area contributed by atoms with Gasteiger partial charge in [-0.15, -0.1) is 5.10 Å². The molecule has 90 valence electrons. The second kappa shape index (κ2) is 3.95. The first-order valence-electron chi connectivity index (χ1n) is 6.05. The molecule has 3 nitrogen and oxygen atoms in total. The molecule has 0 aliphatic heterocycles. The Hall–Kier alpha value is -2.16. The van der Waals surface area contributed by atoms with Gasteiger partial charge in [-0.2, -0.15) is 0 Å². The average molecular weight is 237 g/mol. The summed E-state index contributed by atoms with van der Waals surface area (Å²) in [5.74, 6) is 0.785. The van der Waals surface area contributed by atoms with E-state index < -0.39 is 0 Å². The molecule has 0 saturated heterocycles. The molecule has 1 aromatic carbocycles. The van der Waals surface area contributed by atoms with Crippen LogP contribution in [0, 0.1) is 20.8 Å². The van der Waals surface area contributed by atoms with Crippen LogP contribution in [0.15, 0.2) is 36.4 Å². The highest BCUT2D eigenvalue weighted by molar-refractivity contribution is 5.60. The van der Waals surface area contributed by atoms with E-state index >= 15 is 0 Å². The Balaban J connectivity index is 2.19. The van der Waals surface area contributed by atoms with Crippen molar-refractivity contribution in [1.82, 2.24) is 14.6 Å². The first-order valence-corrected chi connectivity index (χ1v) is 6.05. The Morgan fingerprint density at radius 2 is 1.78 bits per heavy atom. The lowest BCUT2D eigenvalue weighted by Gasteiger charge is -2.01. The molecule has 0 aliphatic carbocycles. The molecular formula is C15H15N3. The van der Waals surface area contributed by atoms with Gasteiger partial charge in [-0.05, 0) is 50.1 Å². The highest BCUT2D eigenvalue weighted by Crippen LogP contribution is 2.20. The van der Waals surface area contributed by atoms with Crippen molar-refractivity contribution in [3.8, 4) is 11.4 Å². The largest absolute Gasteiger partial charge is 0.218 e. The molecule has 0 atom stereocenters. The summed E-state index contributed by atoms with van der Waals surface area (Å²) in [4.78, 5) is 4.57. The fourth-order valence-electron chi connectivity index (χ4n) is 2.04. The van der Waals surface area contributed by atoms with Gasteiger partial charge in [0.1, 0.15) is 0 Å². The quantitative estimate of drug-likeness (QED) is 0.650. The first-order chi connectivity index (χ1) is 8.65. The normalized spacial score (nSPS) is 11.1. The Labute approximate surface area is 106 Å². The van der Waals surface area contributed by atoms with E-state index in [1.807, 2.05) is 29.6 Å². The molecule has 0 radical (unpaired) electrons. The molecule has 3 rings (SSSR count). The molecular weight excluding hydrogens is 222 g/mol. The highest BCUT2D eigenvalue weighted by atomic mass is 15.3. The topological polar surface area (TPSA) is 30.2 Å². The smallest absolute Gasteiger partial charge is 0.182 e. The van der Waals surface area contributed by atoms with Crippen molar-refractivity contribution in [2.24, 2.45) is 0 Å². The summed E-state index contributed by atoms with van der Waals surface area (Å²) in [5, 5.41) is 4.56. The zero-order chi connectivity index (χ0) is 12.7. The van der Waals surface area contributed by atoms with Gasteiger partial charge in [-0.3, -0.25) is 0 Å². The molecule has 18 heavy (non-hydrogen) atoms. The molecule has 0 unspecified atom stereocenters. The van der Waals surface area contributed by atoms with E-state index in [1.54, 1.807) is 0 Å². The van der Waals surface area contributed by atoms with E-state index in [9.17, 15) is 0 Å². The SMILES string of the molecule is Cc1ccc(-c2nc3cccc(C)n3n2)cc1C. The van der Waals surface area contributed by atoms with Gasteiger partial charge in [0.05, 0.1) is 0 Å². The van der Waals surface area contributed by atoms with Crippen molar-refractivity contribution in [2.45, 2.75) is 20.8 Å². The predicted molar refractivity (Wildman–Crippen MR) is 72.6 cm³/mol. The van der Waals surface area contributed by atoms with Gasteiger partial charge in [0.2, 0.25) is 0 Å². The first kappa shape index (κ1) is 11.0. The maximum absolute atomic E-state index is 4.57. The van der Waals surface area contributed by atoms with Crippen molar-refractivity contribution in [3.05, 3.63) is 53.2 Å². The van der Waals surface area contributed by atoms with Crippen LogP contribution in [0.3, 0.4) is 0 Å². The summed E-state index contributed by atoms with van der Waals surface area (Å²) in [6, 6.07) is 12.3. The maximum Gasteiger partial charge on any atom is 0.182 e. The molecule has 0 spiro atoms. The van der Waals surface area contributed by atoms with Crippen LogP contribution < -0.4 is 0 Å². The van der Waals surface area contributed by atoms with E-state index in [2.05, 4.69) is 42.1 Å². The minimum absolute atomic E-state index is 0.785. The van der Waals surface area contributed by atoms with Crippen LogP contribution in [0.5, 0.6) is 0 Å². The monoisotopic (exact) mass is 237 g/mol. The molecule has 2 heterocycles. The zero-order valence-corrected chi connectivity index (χ0v) is 10.8. The number of rotatable bonds is 1. The van der Waals surface area contributed by atoms with Crippen molar-refractivity contribution in [2.75, 3.05) is 0 Å². The number of nitrogens with zero attached hydrogens (tertiary/aromatic N) is 3. The summed E-state index contributed by atoms with van der Waals surface area (Å²) in [6.45, 7) is 6.26. The van der Waals surface area contributed by atoms with Crippen LogP contribution in [0.25, 0.3) is 17.0 Å². The van der Waals surface area contributed by atoms with Crippen molar-refractivity contribution in [3.63, 3.8) is 0 Å². The fraction of sp³-hybridized carbons (Fsp3) is 0.200. The van der Waals surface area contributed by atoms with Gasteiger partial charge in [0.25, 0.3) is 0 Å². The summed E-state index contributed by atoms with van der Waals surface area (Å²) < 4.78 is 1.88. The van der Waals surface area contributed by atoms with Crippen molar-refractivity contribution in [1.29, 1.82) is 0 Å². The minimum atomic E-state index is 0.785. The summed E-state index contributed by atoms with van der Waals surface area (Å²) in [5.41, 5.74) is 5.61. The van der Waals surface area contributed by atoms with Crippen LogP contribution >= 0.6 is 0 Å². The van der Waals surface area contributed by atoms with Gasteiger partial charge in [-0.25, -0.2) is 9.50 Å². The molecule has 2 aromatic heterocycles. The molecule has 0 bridgehead atoms. The molecule has 3 aromatic rings. The van der Waals surface area contributed by atoms with Gasteiger partial charge < -0.3 is 0 Å². The van der Waals surface area contributed by atoms with Gasteiger partial charge in [-0.1, -0.05) is 18.2 Å². The fourth-order valence-corrected chi connectivity index (χ4v) is 2.04. The maximum atomic E-state index is 4.57. The van der Waals surface area contributed by atoms with E-state index in [0.29, 0.717) is 0 Å². The third-order valence-corrected chi connectivity index (χ3v) is 3.31. The second-order valence-corrected chi connectivity index (χ2v) is 4.67. The third-order valence-electron chi connectivity index (χ3n) is 3.31. The van der Waals surface area contributed by atoms with Crippen molar-refractivity contribution >= 4 is 5.65 Å². The lowest BCUT2D eigenvalue weighted by atomic mass is 10.1. The summed E-state index contributed by atoms with van der Waals surface area (Å²) in [7, 11) is 0. The number of hydrogen-bond acceptors (Lipinski definition) is 2. The number of pyridine rings is 1. The lowest BCUT2D eigenvalue weighted by Crippen LogP contribution is -1.92. The van der Waals surface area contributed by atoms with Crippen LogP contribution in [-0.2, 0) is 0 Å². The Kier molecular flexibility index (Phi) is 2.40. The number of aromatic nitrogens is 3. The Morgan fingerprint density at radius 1 is 0.944 bits per heavy atom. The Morgan fingerprint density at radius 3 is 2.50 bits per heavy atom. The van der Waals surface area contributed by atoms with Crippen LogP contribution in [0.2, 0.25) is 0 Å². The highest BCUT2D eigenvalue weighted by Gasteiger charge is 2.07. The third kappa shape index (κ3) is 1.68. The van der Waals surface area contributed by atoms with Crippen LogP contribution in [0.4, 0.5) is 0 Å². The number of aryl methyl sites for hydroxylation is 3. The van der Waals surface area contributed by atoms with E-state index in [1.165, 1.54) is 11.1 Å². The van der Waals surface area contributed by atoms with Gasteiger partial charge in [0.15, 0.2) is 11.5 Å². The van der Waals surface area contributed by atoms with E-state index in [-0.39, 0.29) is 0 Å². The van der Waals surface area contributed by atoms with Crippen LogP contribution in [-0.4, -0.2) is 14.6 Å². The molecule has 0 N–H and O–H groups in total. The number of hydrogen-bond donors (Lipinski definition) is 0. The van der Waals surface area contributed by atoms with Gasteiger partial charge >= 0.3 is 0 Å². The Bertz CT molecular complexity index is 726. The molecule has 0 saturated carbocycles. The van der Waals surface area contributed by atoms with E-state index in [4.69, 9.17) is 0 Å². The van der Waals surface area contributed by atoms with Gasteiger partial charge in [0, 0.05) is 11.3 Å². The number of fused-ring (bicyclic) bond motifs is 1. The van der Waals surface area contributed by atoms with Crippen molar-refractivity contribution < 1.29 is 0 Å². The molecule has 0 amide bonds. The average Bonchev–Trinajstić information content (AvgIpc) is 2.78. The minimum Gasteiger partial charge on any atom is -0.218 e. The standard InChI is InChI=1S/C15H15N3/c1-10-7-8-13(9-11(10)2)15-16-14-6-4-5-12(3)18(14)17-15/h4-9H,1-3H3. The predicted octanol–water partition coefficient (Wildman–Crippen LogP) is 3.32. The summed E-state index contributed by atoms with van der Waals surface area (Å²) >= 11 is 0. The second-order valence-electron chi connectivity index (χ2n) is 4.67.